The van der Waals surface area contributed by atoms with E-state index in [0.29, 0.717) is 17.7 Å². The fourth-order valence-corrected chi connectivity index (χ4v) is 2.46. The zero-order valence-corrected chi connectivity index (χ0v) is 14.7. The third kappa shape index (κ3) is 4.69. The predicted molar refractivity (Wildman–Crippen MR) is 96.6 cm³/mol. The number of nitrogens with one attached hydrogen (secondary N) is 2. The number of carbonyl (C=O) groups is 3. The summed E-state index contributed by atoms with van der Waals surface area (Å²) in [5.41, 5.74) is 0.946. The Kier molecular flexibility index (Phi) is 6.49. The number of carbonyl (C=O) groups excluding carboxylic acids is 3. The Morgan fingerprint density at radius 3 is 2.19 bits per heavy atom. The van der Waals surface area contributed by atoms with Crippen LogP contribution in [0.2, 0.25) is 0 Å². The van der Waals surface area contributed by atoms with Crippen molar-refractivity contribution in [1.29, 1.82) is 0 Å². The topological polar surface area (TPSA) is 98.3 Å². The van der Waals surface area contributed by atoms with Crippen molar-refractivity contribution in [2.24, 2.45) is 5.92 Å². The van der Waals surface area contributed by atoms with Crippen LogP contribution in [0, 0.1) is 5.92 Å². The van der Waals surface area contributed by atoms with Crippen molar-refractivity contribution in [2.45, 2.75) is 26.3 Å². The van der Waals surface area contributed by atoms with E-state index in [9.17, 15) is 19.5 Å². The molecule has 2 amide bonds. The lowest BCUT2D eigenvalue weighted by molar-refractivity contribution is -0.309. The quantitative estimate of drug-likeness (QED) is 0.793. The number of benzene rings is 2. The number of carboxylic acid groups (broad SMARTS) is 1. The highest BCUT2D eigenvalue weighted by Crippen LogP contribution is 2.17. The SMILES string of the molecule is CC[C@H](C)[C@H](NC(=O)c1ccccc1NC(=O)c1ccccc1)C(=O)[O-]. The van der Waals surface area contributed by atoms with Gasteiger partial charge in [-0.2, -0.15) is 0 Å². The minimum atomic E-state index is -1.33. The summed E-state index contributed by atoms with van der Waals surface area (Å²) in [7, 11) is 0. The molecule has 26 heavy (non-hydrogen) atoms. The maximum Gasteiger partial charge on any atom is 0.255 e. The smallest absolute Gasteiger partial charge is 0.255 e. The van der Waals surface area contributed by atoms with Gasteiger partial charge in [-0.15, -0.1) is 0 Å². The van der Waals surface area contributed by atoms with Crippen LogP contribution in [-0.2, 0) is 4.79 Å². The van der Waals surface area contributed by atoms with Crippen molar-refractivity contribution in [2.75, 3.05) is 5.32 Å². The average Bonchev–Trinajstić information content (AvgIpc) is 2.66. The molecule has 0 unspecified atom stereocenters. The molecule has 0 saturated heterocycles. The van der Waals surface area contributed by atoms with E-state index in [1.165, 1.54) is 6.07 Å². The van der Waals surface area contributed by atoms with E-state index in [0.717, 1.165) is 0 Å². The van der Waals surface area contributed by atoms with Crippen molar-refractivity contribution in [3.8, 4) is 0 Å². The summed E-state index contributed by atoms with van der Waals surface area (Å²) in [6.07, 6.45) is 0.575. The number of amides is 2. The van der Waals surface area contributed by atoms with E-state index in [1.54, 1.807) is 55.5 Å². The van der Waals surface area contributed by atoms with E-state index in [4.69, 9.17) is 0 Å². The second kappa shape index (κ2) is 8.80. The van der Waals surface area contributed by atoms with Gasteiger partial charge in [-0.1, -0.05) is 50.6 Å². The summed E-state index contributed by atoms with van der Waals surface area (Å²) in [6, 6.07) is 13.9. The van der Waals surface area contributed by atoms with Crippen molar-refractivity contribution in [3.05, 3.63) is 65.7 Å². The molecule has 6 heteroatoms. The molecule has 2 rings (SSSR count). The summed E-state index contributed by atoms with van der Waals surface area (Å²) in [6.45, 7) is 3.56. The molecule has 0 radical (unpaired) electrons. The van der Waals surface area contributed by atoms with Crippen molar-refractivity contribution in [3.63, 3.8) is 0 Å². The van der Waals surface area contributed by atoms with Gasteiger partial charge in [0.25, 0.3) is 11.8 Å². The van der Waals surface area contributed by atoms with Gasteiger partial charge in [-0.3, -0.25) is 9.59 Å². The first kappa shape index (κ1) is 19.2. The van der Waals surface area contributed by atoms with Crippen LogP contribution in [0.25, 0.3) is 0 Å². The third-order valence-corrected chi connectivity index (χ3v) is 4.21. The molecule has 0 bridgehead atoms. The highest BCUT2D eigenvalue weighted by molar-refractivity contribution is 6.09. The van der Waals surface area contributed by atoms with Gasteiger partial charge >= 0.3 is 0 Å². The minimum Gasteiger partial charge on any atom is -0.548 e. The first-order valence-electron chi connectivity index (χ1n) is 8.41. The lowest BCUT2D eigenvalue weighted by atomic mass is 9.98. The number of hydrogen-bond donors (Lipinski definition) is 2. The van der Waals surface area contributed by atoms with E-state index >= 15 is 0 Å². The lowest BCUT2D eigenvalue weighted by Gasteiger charge is -2.25. The lowest BCUT2D eigenvalue weighted by Crippen LogP contribution is -2.51. The van der Waals surface area contributed by atoms with Crippen molar-refractivity contribution < 1.29 is 19.5 Å². The van der Waals surface area contributed by atoms with E-state index in [-0.39, 0.29) is 17.4 Å². The van der Waals surface area contributed by atoms with Crippen LogP contribution in [-0.4, -0.2) is 23.8 Å². The number of rotatable bonds is 7. The summed E-state index contributed by atoms with van der Waals surface area (Å²) in [5, 5.41) is 16.5. The summed E-state index contributed by atoms with van der Waals surface area (Å²) < 4.78 is 0. The van der Waals surface area contributed by atoms with Crippen molar-refractivity contribution >= 4 is 23.5 Å². The summed E-state index contributed by atoms with van der Waals surface area (Å²) in [4.78, 5) is 36.2. The van der Waals surface area contributed by atoms with Crippen LogP contribution in [0.3, 0.4) is 0 Å². The van der Waals surface area contributed by atoms with Gasteiger partial charge in [-0.05, 0) is 30.2 Å². The van der Waals surface area contributed by atoms with Crippen LogP contribution in [0.1, 0.15) is 41.0 Å². The summed E-state index contributed by atoms with van der Waals surface area (Å²) >= 11 is 0. The molecule has 2 aromatic rings. The molecule has 0 fully saturated rings. The number of aliphatic carboxylic acids is 1. The van der Waals surface area contributed by atoms with Gasteiger partial charge in [-0.25, -0.2) is 0 Å². The number of carboxylic acids is 1. The minimum absolute atomic E-state index is 0.186. The normalized spacial score (nSPS) is 12.7. The zero-order valence-electron chi connectivity index (χ0n) is 14.7. The molecule has 2 atom stereocenters. The highest BCUT2D eigenvalue weighted by atomic mass is 16.4. The number of anilines is 1. The molecular weight excluding hydrogens is 332 g/mol. The molecule has 0 spiro atoms. The first-order chi connectivity index (χ1) is 12.4. The molecule has 2 N–H and O–H groups in total. The largest absolute Gasteiger partial charge is 0.548 e. The van der Waals surface area contributed by atoms with E-state index < -0.39 is 17.9 Å². The molecule has 2 aromatic carbocycles. The first-order valence-corrected chi connectivity index (χ1v) is 8.41. The second-order valence-corrected chi connectivity index (χ2v) is 6.02. The predicted octanol–water partition coefficient (Wildman–Crippen LogP) is 1.83. The molecular formula is C20H21N2O4-. The molecule has 0 saturated carbocycles. The van der Waals surface area contributed by atoms with Crippen molar-refractivity contribution in [1.82, 2.24) is 5.32 Å². The van der Waals surface area contributed by atoms with E-state index in [2.05, 4.69) is 10.6 Å². The Bertz CT molecular complexity index is 789. The zero-order chi connectivity index (χ0) is 19.1. The molecule has 0 aliphatic carbocycles. The van der Waals surface area contributed by atoms with Crippen LogP contribution >= 0.6 is 0 Å². The van der Waals surface area contributed by atoms with Gasteiger partial charge in [0.15, 0.2) is 0 Å². The molecule has 0 heterocycles. The van der Waals surface area contributed by atoms with E-state index in [1.807, 2.05) is 6.92 Å². The Balaban J connectivity index is 2.21. The Morgan fingerprint density at radius 2 is 1.58 bits per heavy atom. The highest BCUT2D eigenvalue weighted by Gasteiger charge is 2.22. The second-order valence-electron chi connectivity index (χ2n) is 6.02. The Labute approximate surface area is 152 Å². The van der Waals surface area contributed by atoms with Gasteiger partial charge in [0, 0.05) is 5.56 Å². The van der Waals surface area contributed by atoms with Gasteiger partial charge in [0.05, 0.1) is 23.3 Å². The average molecular weight is 353 g/mol. The van der Waals surface area contributed by atoms with Gasteiger partial charge in [0.1, 0.15) is 0 Å². The standard InChI is InChI=1S/C20H22N2O4/c1-3-13(2)17(20(25)26)22-19(24)15-11-7-8-12-16(15)21-18(23)14-9-5-4-6-10-14/h4-13,17H,3H2,1-2H3,(H,21,23)(H,22,24)(H,25,26)/p-1/t13-,17-/m0/s1. The van der Waals surface area contributed by atoms with Gasteiger partial charge < -0.3 is 20.5 Å². The van der Waals surface area contributed by atoms with Gasteiger partial charge in [0.2, 0.25) is 0 Å². The van der Waals surface area contributed by atoms with Crippen LogP contribution in [0.5, 0.6) is 0 Å². The number of hydrogen-bond acceptors (Lipinski definition) is 4. The fraction of sp³-hybridized carbons (Fsp3) is 0.250. The maximum atomic E-state index is 12.6. The Hall–Kier alpha value is -3.15. The molecule has 0 aliphatic heterocycles. The third-order valence-electron chi connectivity index (χ3n) is 4.21. The fourth-order valence-electron chi connectivity index (χ4n) is 2.46. The molecule has 0 aromatic heterocycles. The Morgan fingerprint density at radius 1 is 0.962 bits per heavy atom. The maximum absolute atomic E-state index is 12.6. The molecule has 136 valence electrons. The monoisotopic (exact) mass is 353 g/mol. The van der Waals surface area contributed by atoms with Crippen LogP contribution in [0.15, 0.2) is 54.6 Å². The van der Waals surface area contributed by atoms with Crippen LogP contribution in [0.4, 0.5) is 5.69 Å². The van der Waals surface area contributed by atoms with Crippen LogP contribution < -0.4 is 15.7 Å². The molecule has 6 nitrogen and oxygen atoms in total. The summed E-state index contributed by atoms with van der Waals surface area (Å²) in [5.74, 6) is -2.55. The molecule has 0 aliphatic rings. The number of para-hydroxylation sites is 1.